The van der Waals surface area contributed by atoms with Crippen molar-refractivity contribution in [3.05, 3.63) is 35.9 Å². The Morgan fingerprint density at radius 3 is 2.50 bits per heavy atom. The van der Waals surface area contributed by atoms with Gasteiger partial charge in [-0.2, -0.15) is 0 Å². The third-order valence-corrected chi connectivity index (χ3v) is 1.80. The number of nitrogens with two attached hydrogens (primary N) is 1. The number of hydrogen-bond donors (Lipinski definition) is 2. The Morgan fingerprint density at radius 2 is 2.00 bits per heavy atom. The summed E-state index contributed by atoms with van der Waals surface area (Å²) in [6.07, 6.45) is 0.759. The predicted octanol–water partition coefficient (Wildman–Crippen LogP) is 1.50. The van der Waals surface area contributed by atoms with E-state index in [2.05, 4.69) is 22.6 Å². The van der Waals surface area contributed by atoms with E-state index in [-0.39, 0.29) is 6.04 Å². The second-order valence-electron chi connectivity index (χ2n) is 3.48. The summed E-state index contributed by atoms with van der Waals surface area (Å²) < 4.78 is 0. The molecule has 3 nitrogen and oxygen atoms in total. The van der Waals surface area contributed by atoms with Crippen LogP contribution in [-0.2, 0) is 6.42 Å². The highest BCUT2D eigenvalue weighted by Crippen LogP contribution is 2.00. The monoisotopic (exact) mass is 191 g/mol. The zero-order valence-electron chi connectivity index (χ0n) is 8.70. The predicted molar refractivity (Wildman–Crippen MR) is 60.0 cm³/mol. The van der Waals surface area contributed by atoms with Crippen molar-refractivity contribution in [2.45, 2.75) is 26.3 Å². The largest absolute Gasteiger partial charge is 0.312 e. The van der Waals surface area contributed by atoms with E-state index >= 15 is 0 Å². The fourth-order valence-electron chi connectivity index (χ4n) is 1.23. The highest BCUT2D eigenvalue weighted by molar-refractivity contribution is 5.83. The molecule has 0 heterocycles. The summed E-state index contributed by atoms with van der Waals surface area (Å²) in [7, 11) is 0. The maximum Gasteiger partial charge on any atom is 0.115 e. The van der Waals surface area contributed by atoms with Gasteiger partial charge in [-0.1, -0.05) is 30.3 Å². The van der Waals surface area contributed by atoms with Crippen LogP contribution >= 0.6 is 0 Å². The maximum absolute atomic E-state index is 5.39. The molecular formula is C11H17N3. The molecule has 0 atom stereocenters. The van der Waals surface area contributed by atoms with Crippen LogP contribution in [0.3, 0.4) is 0 Å². The first-order chi connectivity index (χ1) is 6.72. The Labute approximate surface area is 85.0 Å². The van der Waals surface area contributed by atoms with Crippen LogP contribution in [-0.4, -0.2) is 11.9 Å². The smallest absolute Gasteiger partial charge is 0.115 e. The number of nitrogens with zero attached hydrogens (tertiary/aromatic N) is 1. The number of hydrazine groups is 1. The maximum atomic E-state index is 5.39. The number of rotatable bonds is 3. The van der Waals surface area contributed by atoms with Crippen molar-refractivity contribution in [2.24, 2.45) is 10.8 Å². The molecule has 0 unspecified atom stereocenters. The number of amidine groups is 1. The minimum absolute atomic E-state index is 0.268. The molecule has 0 spiro atoms. The molecule has 76 valence electrons. The molecule has 0 fully saturated rings. The first kappa shape index (κ1) is 10.7. The van der Waals surface area contributed by atoms with E-state index in [9.17, 15) is 0 Å². The molecule has 0 aromatic heterocycles. The Balaban J connectivity index is 2.67. The van der Waals surface area contributed by atoms with Crippen molar-refractivity contribution in [1.29, 1.82) is 0 Å². The molecule has 1 aromatic rings. The van der Waals surface area contributed by atoms with Gasteiger partial charge in [0.2, 0.25) is 0 Å². The molecule has 0 aliphatic heterocycles. The van der Waals surface area contributed by atoms with E-state index in [4.69, 9.17) is 5.84 Å². The lowest BCUT2D eigenvalue weighted by Crippen LogP contribution is -2.32. The van der Waals surface area contributed by atoms with E-state index in [1.807, 2.05) is 32.0 Å². The fourth-order valence-corrected chi connectivity index (χ4v) is 1.23. The van der Waals surface area contributed by atoms with Crippen molar-refractivity contribution < 1.29 is 0 Å². The van der Waals surface area contributed by atoms with Gasteiger partial charge in [-0.15, -0.1) is 0 Å². The summed E-state index contributed by atoms with van der Waals surface area (Å²) >= 11 is 0. The third-order valence-electron chi connectivity index (χ3n) is 1.80. The molecule has 0 saturated heterocycles. The summed E-state index contributed by atoms with van der Waals surface area (Å²) in [4.78, 5) is 4.37. The third kappa shape index (κ3) is 3.58. The molecule has 0 aliphatic rings. The van der Waals surface area contributed by atoms with Crippen molar-refractivity contribution in [1.82, 2.24) is 5.43 Å². The van der Waals surface area contributed by atoms with E-state index in [0.717, 1.165) is 12.3 Å². The molecule has 1 aromatic carbocycles. The van der Waals surface area contributed by atoms with Crippen molar-refractivity contribution in [3.8, 4) is 0 Å². The summed E-state index contributed by atoms with van der Waals surface area (Å²) in [5, 5.41) is 0. The number of aliphatic imine (C=N–C) groups is 1. The van der Waals surface area contributed by atoms with Crippen molar-refractivity contribution in [3.63, 3.8) is 0 Å². The Morgan fingerprint density at radius 1 is 1.36 bits per heavy atom. The lowest BCUT2D eigenvalue weighted by atomic mass is 10.1. The molecule has 1 rings (SSSR count). The zero-order valence-corrected chi connectivity index (χ0v) is 8.70. The quantitative estimate of drug-likeness (QED) is 0.329. The van der Waals surface area contributed by atoms with E-state index in [1.165, 1.54) is 5.56 Å². The van der Waals surface area contributed by atoms with Gasteiger partial charge in [0.25, 0.3) is 0 Å². The second-order valence-corrected chi connectivity index (χ2v) is 3.48. The fraction of sp³-hybridized carbons (Fsp3) is 0.364. The number of nitrogens with one attached hydrogen (secondary N) is 1. The Hall–Kier alpha value is -1.35. The summed E-state index contributed by atoms with van der Waals surface area (Å²) in [5.41, 5.74) is 3.84. The van der Waals surface area contributed by atoms with Gasteiger partial charge in [0, 0.05) is 12.5 Å². The lowest BCUT2D eigenvalue weighted by molar-refractivity contribution is 0.811. The molecular weight excluding hydrogens is 174 g/mol. The van der Waals surface area contributed by atoms with Crippen LogP contribution in [0.25, 0.3) is 0 Å². The second kappa shape index (κ2) is 5.40. The average Bonchev–Trinajstić information content (AvgIpc) is 2.17. The van der Waals surface area contributed by atoms with Gasteiger partial charge in [-0.3, -0.25) is 4.99 Å². The standard InChI is InChI=1S/C11H17N3/c1-9(2)13-11(14-12)8-10-6-4-3-5-7-10/h3-7,9H,8,12H2,1-2H3,(H,13,14). The van der Waals surface area contributed by atoms with Crippen LogP contribution < -0.4 is 11.3 Å². The number of hydrogen-bond acceptors (Lipinski definition) is 2. The summed E-state index contributed by atoms with van der Waals surface area (Å²) in [5.74, 6) is 6.21. The van der Waals surface area contributed by atoms with Gasteiger partial charge in [0.1, 0.15) is 5.84 Å². The Bertz CT molecular complexity index is 291. The number of benzene rings is 1. The van der Waals surface area contributed by atoms with Gasteiger partial charge in [-0.25, -0.2) is 5.84 Å². The minimum atomic E-state index is 0.268. The van der Waals surface area contributed by atoms with Crippen LogP contribution in [0.2, 0.25) is 0 Å². The molecule has 0 amide bonds. The van der Waals surface area contributed by atoms with Gasteiger partial charge >= 0.3 is 0 Å². The molecule has 3 heteroatoms. The topological polar surface area (TPSA) is 50.4 Å². The van der Waals surface area contributed by atoms with Crippen LogP contribution in [0.5, 0.6) is 0 Å². The normalized spacial score (nSPS) is 11.9. The lowest BCUT2D eigenvalue weighted by Gasteiger charge is -2.07. The minimum Gasteiger partial charge on any atom is -0.312 e. The van der Waals surface area contributed by atoms with Gasteiger partial charge in [-0.05, 0) is 19.4 Å². The first-order valence-corrected chi connectivity index (χ1v) is 4.79. The van der Waals surface area contributed by atoms with Crippen LogP contribution in [0.4, 0.5) is 0 Å². The van der Waals surface area contributed by atoms with Gasteiger partial charge < -0.3 is 5.43 Å². The highest BCUT2D eigenvalue weighted by atomic mass is 15.2. The van der Waals surface area contributed by atoms with Crippen molar-refractivity contribution in [2.75, 3.05) is 0 Å². The average molecular weight is 191 g/mol. The van der Waals surface area contributed by atoms with E-state index in [1.54, 1.807) is 0 Å². The van der Waals surface area contributed by atoms with Crippen LogP contribution in [0, 0.1) is 0 Å². The van der Waals surface area contributed by atoms with Gasteiger partial charge in [0.15, 0.2) is 0 Å². The molecule has 0 aliphatic carbocycles. The summed E-state index contributed by atoms with van der Waals surface area (Å²) in [6.45, 7) is 4.06. The Kier molecular flexibility index (Phi) is 4.13. The zero-order chi connectivity index (χ0) is 10.4. The first-order valence-electron chi connectivity index (χ1n) is 4.79. The van der Waals surface area contributed by atoms with Crippen LogP contribution in [0.1, 0.15) is 19.4 Å². The van der Waals surface area contributed by atoms with Gasteiger partial charge in [0.05, 0.1) is 0 Å². The molecule has 3 N–H and O–H groups in total. The molecule has 0 saturated carbocycles. The van der Waals surface area contributed by atoms with Crippen molar-refractivity contribution >= 4 is 5.84 Å². The van der Waals surface area contributed by atoms with Crippen LogP contribution in [0.15, 0.2) is 35.3 Å². The molecule has 0 radical (unpaired) electrons. The molecule has 14 heavy (non-hydrogen) atoms. The molecule has 0 bridgehead atoms. The SMILES string of the molecule is CC(C)N=C(Cc1ccccc1)NN. The highest BCUT2D eigenvalue weighted by Gasteiger charge is 1.99. The summed E-state index contributed by atoms with van der Waals surface area (Å²) in [6, 6.07) is 10.4. The van der Waals surface area contributed by atoms with E-state index in [0.29, 0.717) is 0 Å². The van der Waals surface area contributed by atoms with E-state index < -0.39 is 0 Å².